The fraction of sp³-hybridized carbons (Fsp3) is 0.462. The molecule has 0 aromatic rings. The first-order chi connectivity index (χ1) is 8.66. The Morgan fingerprint density at radius 2 is 1.37 bits per heavy atom. The quantitative estimate of drug-likeness (QED) is 0.348. The van der Waals surface area contributed by atoms with Gasteiger partial charge in [0, 0.05) is 17.1 Å². The molecule has 2 N–H and O–H groups in total. The van der Waals surface area contributed by atoms with Crippen LogP contribution >= 0.6 is 0 Å². The van der Waals surface area contributed by atoms with Gasteiger partial charge in [0.2, 0.25) is 0 Å². The van der Waals surface area contributed by atoms with Crippen LogP contribution in [0.1, 0.15) is 26.7 Å². The maximum Gasteiger partial charge on any atom is 0 e. The van der Waals surface area contributed by atoms with Gasteiger partial charge >= 0.3 is 33.9 Å². The fourth-order valence-electron chi connectivity index (χ4n) is 0.812. The molecule has 0 aliphatic heterocycles. The van der Waals surface area contributed by atoms with E-state index in [-0.39, 0.29) is 23.2 Å². The molecule has 2 atom stereocenters. The van der Waals surface area contributed by atoms with Crippen molar-refractivity contribution >= 4 is 0 Å². The van der Waals surface area contributed by atoms with Crippen LogP contribution in [0.15, 0.2) is 24.3 Å². The minimum atomic E-state index is -0.434. The van der Waals surface area contributed by atoms with E-state index >= 15 is 0 Å². The summed E-state index contributed by atoms with van der Waals surface area (Å²) in [7, 11) is 0. The molecule has 19 heavy (non-hydrogen) atoms. The van der Waals surface area contributed by atoms with Gasteiger partial charge < -0.3 is 10.2 Å². The van der Waals surface area contributed by atoms with E-state index in [1.807, 2.05) is 25.2 Å². The van der Waals surface area contributed by atoms with Crippen LogP contribution in [-0.4, -0.2) is 22.4 Å². The number of allylic oxidation sites excluding steroid dienone is 3. The van der Waals surface area contributed by atoms with Crippen LogP contribution in [0.4, 0.5) is 0 Å². The molecule has 0 saturated carbocycles. The number of hydrogen-bond acceptors (Lipinski definition) is 2. The van der Waals surface area contributed by atoms with Crippen molar-refractivity contribution in [1.29, 1.82) is 0 Å². The minimum Gasteiger partial charge on any atom is 0 e. The Balaban J connectivity index is -0.0000000816. The third-order valence-corrected chi connectivity index (χ3v) is 1.52. The summed E-state index contributed by atoms with van der Waals surface area (Å²) in [5, 5.41) is 18.2. The maximum absolute atomic E-state index is 9.29. The zero-order valence-corrected chi connectivity index (χ0v) is 12.0. The Hall–Kier alpha value is -0.861. The van der Waals surface area contributed by atoms with Crippen molar-refractivity contribution in [3.05, 3.63) is 44.3 Å². The molecule has 0 aromatic carbocycles. The van der Waals surface area contributed by atoms with Crippen molar-refractivity contribution in [2.45, 2.75) is 38.9 Å². The average molecular weight is 310 g/mol. The number of hydrogen-bond donors (Lipinski definition) is 2. The van der Waals surface area contributed by atoms with Crippen molar-refractivity contribution in [2.75, 3.05) is 0 Å². The van der Waals surface area contributed by atoms with Gasteiger partial charge in [-0.2, -0.15) is 0 Å². The summed E-state index contributed by atoms with van der Waals surface area (Å²) >= 11 is 0. The smallest absolute Gasteiger partial charge is 0 e. The molecular formula is C13H18FeO5. The first-order valence-electron chi connectivity index (χ1n) is 4.93. The van der Waals surface area contributed by atoms with Crippen molar-refractivity contribution in [3.63, 3.8) is 0 Å². The Bertz CT molecular complexity index is 239. The van der Waals surface area contributed by atoms with Crippen molar-refractivity contribution in [3.8, 4) is 0 Å². The van der Waals surface area contributed by atoms with Crippen LogP contribution < -0.4 is 0 Å². The Morgan fingerprint density at radius 1 is 0.947 bits per heavy atom. The molecule has 0 unspecified atom stereocenters. The predicted octanol–water partition coefficient (Wildman–Crippen LogP) is 1.53. The monoisotopic (exact) mass is 310 g/mol. The first kappa shape index (κ1) is 30.9. The topological polar surface area (TPSA) is 100 Å². The molecule has 0 radical (unpaired) electrons. The molecule has 108 valence electrons. The van der Waals surface area contributed by atoms with Gasteiger partial charge in [-0.05, 0) is 26.7 Å². The molecule has 0 aromatic heterocycles. The average Bonchev–Trinajstić information content (AvgIpc) is 2.43. The van der Waals surface area contributed by atoms with Gasteiger partial charge in [0.25, 0.3) is 0 Å². The van der Waals surface area contributed by atoms with E-state index in [2.05, 4.69) is 20.0 Å². The van der Waals surface area contributed by atoms with Crippen LogP contribution in [0.25, 0.3) is 0 Å². The standard InChI is InChI=1S/C10H18O2.3CO.Fe/c1-3-4-5-6-10(12)8-7-9(2)11;3*1-2;/h3-6,9-12H,7-8H2,1-2H3;;;;/b4-3+,6-5+;;;;/t9-,10-;;;;/m1..../s1. The van der Waals surface area contributed by atoms with E-state index in [4.69, 9.17) is 19.1 Å². The van der Waals surface area contributed by atoms with Crippen LogP contribution in [0, 0.1) is 20.0 Å². The number of rotatable bonds is 5. The molecule has 0 rings (SSSR count). The summed E-state index contributed by atoms with van der Waals surface area (Å²) in [5.74, 6) is 0. The number of aliphatic hydroxyl groups excluding tert-OH is 2. The van der Waals surface area contributed by atoms with Crippen LogP contribution in [0.3, 0.4) is 0 Å². The molecule has 0 spiro atoms. The van der Waals surface area contributed by atoms with Crippen LogP contribution in [0.2, 0.25) is 0 Å². The second-order valence-electron chi connectivity index (χ2n) is 2.90. The van der Waals surface area contributed by atoms with Crippen molar-refractivity contribution in [2.24, 2.45) is 0 Å². The molecule has 0 saturated heterocycles. The predicted molar refractivity (Wildman–Crippen MR) is 62.7 cm³/mol. The summed E-state index contributed by atoms with van der Waals surface area (Å²) in [5.41, 5.74) is 0. The van der Waals surface area contributed by atoms with Gasteiger partial charge in [-0.25, -0.2) is 0 Å². The van der Waals surface area contributed by atoms with Gasteiger partial charge in [-0.15, -0.1) is 0 Å². The second-order valence-corrected chi connectivity index (χ2v) is 2.90. The second kappa shape index (κ2) is 36.0. The summed E-state index contributed by atoms with van der Waals surface area (Å²) in [6.45, 7) is 17.1. The molecule has 0 heterocycles. The SMILES string of the molecule is C/C=C/C=C/[C@@H](O)CC[C@@H](C)O.[C-]#[O+].[C-]#[O+].[C-]#[O+].[Fe]. The Morgan fingerprint density at radius 3 is 1.68 bits per heavy atom. The summed E-state index contributed by atoms with van der Waals surface area (Å²) < 4.78 is 22.5. The van der Waals surface area contributed by atoms with E-state index < -0.39 is 6.10 Å². The minimum absolute atomic E-state index is 0. The summed E-state index contributed by atoms with van der Waals surface area (Å²) in [6.07, 6.45) is 7.80. The summed E-state index contributed by atoms with van der Waals surface area (Å²) in [4.78, 5) is 0. The molecule has 0 aliphatic rings. The van der Waals surface area contributed by atoms with Gasteiger partial charge in [-0.3, -0.25) is 0 Å². The van der Waals surface area contributed by atoms with E-state index in [0.29, 0.717) is 12.8 Å². The Kier molecular flexibility index (Phi) is 58.4. The van der Waals surface area contributed by atoms with Gasteiger partial charge in [0.05, 0.1) is 12.2 Å². The molecular weight excluding hydrogens is 292 g/mol. The molecule has 0 aliphatic carbocycles. The van der Waals surface area contributed by atoms with Crippen LogP contribution in [0.5, 0.6) is 0 Å². The fourth-order valence-corrected chi connectivity index (χ4v) is 0.812. The van der Waals surface area contributed by atoms with Crippen LogP contribution in [-0.2, 0) is 31.0 Å². The third kappa shape index (κ3) is 47.0. The largest absolute Gasteiger partial charge is 0 e. The molecule has 5 nitrogen and oxygen atoms in total. The zero-order chi connectivity index (χ0) is 15.4. The van der Waals surface area contributed by atoms with Crippen molar-refractivity contribution in [1.82, 2.24) is 0 Å². The first-order valence-corrected chi connectivity index (χ1v) is 4.93. The Labute approximate surface area is 125 Å². The van der Waals surface area contributed by atoms with E-state index in [9.17, 15) is 5.11 Å². The maximum atomic E-state index is 9.29. The van der Waals surface area contributed by atoms with E-state index in [1.165, 1.54) is 0 Å². The van der Waals surface area contributed by atoms with Gasteiger partial charge in [0.15, 0.2) is 0 Å². The number of aliphatic hydroxyl groups is 2. The third-order valence-electron chi connectivity index (χ3n) is 1.52. The van der Waals surface area contributed by atoms with Crippen molar-refractivity contribution < 1.29 is 41.2 Å². The molecule has 0 fully saturated rings. The molecule has 6 heteroatoms. The van der Waals surface area contributed by atoms with E-state index in [0.717, 1.165) is 0 Å². The zero-order valence-electron chi connectivity index (χ0n) is 10.9. The normalized spacial score (nSPS) is 11.3. The van der Waals surface area contributed by atoms with Gasteiger partial charge in [-0.1, -0.05) is 24.3 Å². The van der Waals surface area contributed by atoms with Gasteiger partial charge in [0.1, 0.15) is 0 Å². The van der Waals surface area contributed by atoms with E-state index in [1.54, 1.807) is 13.0 Å². The summed E-state index contributed by atoms with van der Waals surface area (Å²) in [6, 6.07) is 0. The molecule has 0 amide bonds. The molecule has 0 bridgehead atoms.